The molecule has 1 aromatic rings. The molecular weight excluding hydrogens is 514 g/mol. The van der Waals surface area contributed by atoms with Crippen molar-refractivity contribution in [3.63, 3.8) is 0 Å². The van der Waals surface area contributed by atoms with Gasteiger partial charge in [-0.15, -0.1) is 0 Å². The maximum absolute atomic E-state index is 13.4. The van der Waals surface area contributed by atoms with Crippen molar-refractivity contribution in [3.05, 3.63) is 23.8 Å². The predicted octanol–water partition coefficient (Wildman–Crippen LogP) is 5.57. The number of anilines is 2. The third-order valence-electron chi connectivity index (χ3n) is 10.1. The number of hydrazine groups is 1. The Morgan fingerprint density at radius 2 is 1.63 bits per heavy atom. The van der Waals surface area contributed by atoms with E-state index in [1.54, 1.807) is 4.90 Å². The topological polar surface area (TPSA) is 77.2 Å². The van der Waals surface area contributed by atoms with Crippen molar-refractivity contribution in [1.29, 1.82) is 0 Å². The molecule has 8 heteroatoms. The highest BCUT2D eigenvalue weighted by molar-refractivity contribution is 6.04. The van der Waals surface area contributed by atoms with Crippen molar-refractivity contribution < 1.29 is 14.3 Å². The van der Waals surface area contributed by atoms with Gasteiger partial charge in [0.2, 0.25) is 5.91 Å². The Morgan fingerprint density at radius 1 is 0.927 bits per heavy atom. The Labute approximate surface area is 246 Å². The summed E-state index contributed by atoms with van der Waals surface area (Å²) < 4.78 is 5.71. The molecule has 3 atom stereocenters. The summed E-state index contributed by atoms with van der Waals surface area (Å²) in [7, 11) is 0. The third-order valence-corrected chi connectivity index (χ3v) is 10.1. The molecule has 2 amide bonds. The van der Waals surface area contributed by atoms with Crippen molar-refractivity contribution >= 4 is 23.4 Å². The number of hydrogen-bond donors (Lipinski definition) is 2. The molecule has 1 aromatic carbocycles. The first-order valence-electron chi connectivity index (χ1n) is 16.6. The molecule has 3 aliphatic heterocycles. The lowest BCUT2D eigenvalue weighted by Gasteiger charge is -2.42. The molecule has 0 bridgehead atoms. The van der Waals surface area contributed by atoms with E-state index in [2.05, 4.69) is 40.9 Å². The van der Waals surface area contributed by atoms with Crippen molar-refractivity contribution in [2.45, 2.75) is 122 Å². The Morgan fingerprint density at radius 3 is 2.32 bits per heavy atom. The van der Waals surface area contributed by atoms with Gasteiger partial charge in [-0.2, -0.15) is 0 Å². The van der Waals surface area contributed by atoms with E-state index >= 15 is 0 Å². The van der Waals surface area contributed by atoms with Gasteiger partial charge in [-0.1, -0.05) is 38.2 Å². The lowest BCUT2D eigenvalue weighted by molar-refractivity contribution is -0.120. The molecule has 2 unspecified atom stereocenters. The van der Waals surface area contributed by atoms with Crippen LogP contribution in [0, 0.1) is 11.8 Å². The quantitative estimate of drug-likeness (QED) is 0.486. The van der Waals surface area contributed by atoms with E-state index < -0.39 is 0 Å². The van der Waals surface area contributed by atoms with Crippen LogP contribution in [0.3, 0.4) is 0 Å². The van der Waals surface area contributed by atoms with E-state index in [0.29, 0.717) is 30.5 Å². The first-order chi connectivity index (χ1) is 19.9. The van der Waals surface area contributed by atoms with Gasteiger partial charge in [0.1, 0.15) is 0 Å². The summed E-state index contributed by atoms with van der Waals surface area (Å²) in [5.41, 5.74) is 6.85. The number of nitrogens with one attached hydrogen (secondary N) is 2. The molecule has 0 radical (unpaired) electrons. The van der Waals surface area contributed by atoms with Crippen LogP contribution in [-0.2, 0) is 9.53 Å². The van der Waals surface area contributed by atoms with E-state index in [9.17, 15) is 9.59 Å². The Balaban J connectivity index is 1.36. The lowest BCUT2D eigenvalue weighted by Crippen LogP contribution is -2.53. The van der Waals surface area contributed by atoms with Crippen LogP contribution in [0.4, 0.5) is 16.2 Å². The average Bonchev–Trinajstić information content (AvgIpc) is 3.71. The third kappa shape index (κ3) is 6.16. The number of nitrogens with zero attached hydrogens (tertiary/aromatic N) is 3. The standard InChI is InChI=1S/C33H51N5O3/c1-22(2)41-33(40)36-21-23(3)37(32(39)25-11-12-25)29-14-13-26(19-30(29)36)28-20-35-38(27-15-17-34-18-16-27)31(28)24-9-7-5-4-6-8-10-24/h13-14,19,22-25,27-28,31,34-35H,4-12,15-18,20-21H2,1-3H3/t23-,28?,31?/m0/s1. The Hall–Kier alpha value is -2.16. The van der Waals surface area contributed by atoms with Crippen molar-refractivity contribution in [1.82, 2.24) is 15.8 Å². The lowest BCUT2D eigenvalue weighted by atomic mass is 9.77. The smallest absolute Gasteiger partial charge is 0.414 e. The Kier molecular flexibility index (Phi) is 8.89. The maximum Gasteiger partial charge on any atom is 0.414 e. The molecule has 2 saturated carbocycles. The summed E-state index contributed by atoms with van der Waals surface area (Å²) in [5.74, 6) is 1.33. The van der Waals surface area contributed by atoms with Crippen molar-refractivity contribution in [2.24, 2.45) is 11.8 Å². The van der Waals surface area contributed by atoms with Crippen LogP contribution in [0.5, 0.6) is 0 Å². The largest absolute Gasteiger partial charge is 0.446 e. The minimum absolute atomic E-state index is 0.0904. The highest BCUT2D eigenvalue weighted by Crippen LogP contribution is 2.45. The van der Waals surface area contributed by atoms with E-state index in [4.69, 9.17) is 4.74 Å². The van der Waals surface area contributed by atoms with Gasteiger partial charge in [-0.05, 0) is 96.0 Å². The highest BCUT2D eigenvalue weighted by atomic mass is 16.6. The molecule has 226 valence electrons. The molecule has 41 heavy (non-hydrogen) atoms. The molecular formula is C33H51N5O3. The fourth-order valence-corrected chi connectivity index (χ4v) is 7.95. The predicted molar refractivity (Wildman–Crippen MR) is 163 cm³/mol. The van der Waals surface area contributed by atoms with E-state index in [-0.39, 0.29) is 30.1 Å². The van der Waals surface area contributed by atoms with Crippen molar-refractivity contribution in [2.75, 3.05) is 36.0 Å². The van der Waals surface area contributed by atoms with E-state index in [0.717, 1.165) is 43.9 Å². The molecule has 4 fully saturated rings. The van der Waals surface area contributed by atoms with Gasteiger partial charge >= 0.3 is 6.09 Å². The van der Waals surface area contributed by atoms with Gasteiger partial charge in [-0.3, -0.25) is 15.1 Å². The van der Waals surface area contributed by atoms with Gasteiger partial charge in [0.15, 0.2) is 0 Å². The number of rotatable bonds is 5. The first kappa shape index (κ1) is 28.9. The van der Waals surface area contributed by atoms with Gasteiger partial charge in [0.25, 0.3) is 0 Å². The molecule has 0 spiro atoms. The summed E-state index contributed by atoms with van der Waals surface area (Å²) >= 11 is 0. The molecule has 5 aliphatic rings. The zero-order valence-electron chi connectivity index (χ0n) is 25.4. The number of fused-ring (bicyclic) bond motifs is 1. The average molecular weight is 566 g/mol. The fourth-order valence-electron chi connectivity index (χ4n) is 7.95. The zero-order valence-corrected chi connectivity index (χ0v) is 25.4. The highest BCUT2D eigenvalue weighted by Gasteiger charge is 2.45. The molecule has 8 nitrogen and oxygen atoms in total. The number of ether oxygens (including phenoxy) is 1. The summed E-state index contributed by atoms with van der Waals surface area (Å²) in [4.78, 5) is 30.6. The van der Waals surface area contributed by atoms with Crippen LogP contribution < -0.4 is 20.5 Å². The summed E-state index contributed by atoms with van der Waals surface area (Å²) in [5, 5.41) is 6.21. The minimum Gasteiger partial charge on any atom is -0.446 e. The van der Waals surface area contributed by atoms with Crippen LogP contribution in [0.2, 0.25) is 0 Å². The second-order valence-corrected chi connectivity index (χ2v) is 13.6. The molecule has 2 saturated heterocycles. The van der Waals surface area contributed by atoms with E-state index in [1.165, 1.54) is 63.4 Å². The maximum atomic E-state index is 13.4. The van der Waals surface area contributed by atoms with E-state index in [1.807, 2.05) is 18.7 Å². The second-order valence-electron chi connectivity index (χ2n) is 13.6. The van der Waals surface area contributed by atoms with Crippen LogP contribution in [-0.4, -0.2) is 67.4 Å². The Bertz CT molecular complexity index is 1080. The van der Waals surface area contributed by atoms with Gasteiger partial charge < -0.3 is 15.0 Å². The van der Waals surface area contributed by atoms with Crippen LogP contribution in [0.25, 0.3) is 0 Å². The monoisotopic (exact) mass is 565 g/mol. The van der Waals surface area contributed by atoms with Crippen LogP contribution >= 0.6 is 0 Å². The fraction of sp³-hybridized carbons (Fsp3) is 0.758. The summed E-state index contributed by atoms with van der Waals surface area (Å²) in [6, 6.07) is 7.51. The first-order valence-corrected chi connectivity index (χ1v) is 16.6. The zero-order chi connectivity index (χ0) is 28.5. The van der Waals surface area contributed by atoms with Gasteiger partial charge in [0, 0.05) is 37.0 Å². The second kappa shape index (κ2) is 12.6. The number of carbonyl (C=O) groups excluding carboxylic acids is 2. The van der Waals surface area contributed by atoms with Crippen LogP contribution in [0.15, 0.2) is 18.2 Å². The normalized spacial score (nSPS) is 28.8. The number of benzene rings is 1. The summed E-state index contributed by atoms with van der Waals surface area (Å²) in [6.07, 6.45) is 13.1. The molecule has 0 aromatic heterocycles. The van der Waals surface area contributed by atoms with Gasteiger partial charge in [0.05, 0.1) is 23.5 Å². The number of piperidine rings is 1. The number of carbonyl (C=O) groups is 2. The molecule has 3 heterocycles. The molecule has 2 aliphatic carbocycles. The minimum atomic E-state index is -0.318. The number of hydrogen-bond acceptors (Lipinski definition) is 6. The SMILES string of the molecule is CC(C)OC(=O)N1C[C@H](C)N(C(=O)C2CC2)c2ccc(C3CNN(C4CCNCC4)C3C3CCCCCCC3)cc21. The van der Waals surface area contributed by atoms with Gasteiger partial charge in [-0.25, -0.2) is 9.80 Å². The molecule has 2 N–H and O–H groups in total. The van der Waals surface area contributed by atoms with Crippen LogP contribution in [0.1, 0.15) is 103 Å². The summed E-state index contributed by atoms with van der Waals surface area (Å²) in [6.45, 7) is 9.38. The molecule has 6 rings (SSSR count). The van der Waals surface area contributed by atoms with Crippen molar-refractivity contribution in [3.8, 4) is 0 Å². The number of amides is 2.